The second-order valence-corrected chi connectivity index (χ2v) is 8.26. The minimum absolute atomic E-state index is 0.398. The van der Waals surface area contributed by atoms with Crippen LogP contribution < -0.4 is 4.90 Å². The number of hydrogen-bond donors (Lipinski definition) is 0. The molecule has 4 rings (SSSR count). The van der Waals surface area contributed by atoms with Gasteiger partial charge in [-0.1, -0.05) is 6.07 Å². The van der Waals surface area contributed by atoms with Crippen LogP contribution in [0.25, 0.3) is 5.65 Å². The minimum Gasteiger partial charge on any atom is -0.353 e. The first-order valence-electron chi connectivity index (χ1n) is 7.10. The lowest BCUT2D eigenvalue weighted by Gasteiger charge is -2.34. The average Bonchev–Trinajstić information content (AvgIpc) is 3.26. The molecule has 23 heavy (non-hydrogen) atoms. The molecular formula is C13H14N6O2S2. The number of piperazine rings is 1. The Balaban J connectivity index is 1.50. The van der Waals surface area contributed by atoms with Crippen molar-refractivity contribution in [1.82, 2.24) is 24.1 Å². The summed E-state index contributed by atoms with van der Waals surface area (Å²) < 4.78 is 28.6. The minimum atomic E-state index is -3.37. The number of thiophene rings is 1. The van der Waals surface area contributed by atoms with Gasteiger partial charge in [0.25, 0.3) is 10.0 Å². The molecule has 0 radical (unpaired) electrons. The SMILES string of the molecule is O=S(=O)(c1cccs1)N1CCN(c2ccc3nncn3n2)CC1. The standard InChI is InChI=1S/C13H14N6O2S2/c20-23(21,13-2-1-9-22-13)18-7-5-17(6-8-18)12-4-3-11-15-14-10-19(11)16-12/h1-4,9-10H,5-8H2. The molecule has 0 spiro atoms. The van der Waals surface area contributed by atoms with Crippen molar-refractivity contribution in [2.24, 2.45) is 0 Å². The Morgan fingerprint density at radius 2 is 1.91 bits per heavy atom. The highest BCUT2D eigenvalue weighted by molar-refractivity contribution is 7.91. The Bertz CT molecular complexity index is 913. The van der Waals surface area contributed by atoms with Gasteiger partial charge < -0.3 is 4.90 Å². The number of anilines is 1. The maximum Gasteiger partial charge on any atom is 0.252 e. The number of aromatic nitrogens is 4. The van der Waals surface area contributed by atoms with Gasteiger partial charge in [-0.3, -0.25) is 0 Å². The molecule has 0 amide bonds. The molecular weight excluding hydrogens is 336 g/mol. The zero-order valence-electron chi connectivity index (χ0n) is 12.1. The van der Waals surface area contributed by atoms with E-state index in [1.807, 2.05) is 12.1 Å². The lowest BCUT2D eigenvalue weighted by Crippen LogP contribution is -2.48. The molecule has 10 heteroatoms. The summed E-state index contributed by atoms with van der Waals surface area (Å²) >= 11 is 1.25. The molecule has 0 atom stereocenters. The molecule has 0 saturated carbocycles. The van der Waals surface area contributed by atoms with E-state index in [1.54, 1.807) is 28.4 Å². The fourth-order valence-electron chi connectivity index (χ4n) is 2.58. The number of rotatable bonds is 3. The Morgan fingerprint density at radius 1 is 1.09 bits per heavy atom. The molecule has 8 nitrogen and oxygen atoms in total. The monoisotopic (exact) mass is 350 g/mol. The maximum atomic E-state index is 12.5. The van der Waals surface area contributed by atoms with E-state index in [1.165, 1.54) is 15.6 Å². The van der Waals surface area contributed by atoms with Crippen LogP contribution >= 0.6 is 11.3 Å². The summed E-state index contributed by atoms with van der Waals surface area (Å²) in [6, 6.07) is 7.14. The molecule has 0 N–H and O–H groups in total. The van der Waals surface area contributed by atoms with E-state index in [0.717, 1.165) is 5.82 Å². The highest BCUT2D eigenvalue weighted by Gasteiger charge is 2.29. The summed E-state index contributed by atoms with van der Waals surface area (Å²) in [5.41, 5.74) is 0.688. The summed E-state index contributed by atoms with van der Waals surface area (Å²) in [4.78, 5) is 2.07. The predicted octanol–water partition coefficient (Wildman–Crippen LogP) is 0.697. The van der Waals surface area contributed by atoms with Crippen LogP contribution in [0.1, 0.15) is 0 Å². The van der Waals surface area contributed by atoms with Gasteiger partial charge in [0.05, 0.1) is 0 Å². The van der Waals surface area contributed by atoms with Crippen molar-refractivity contribution < 1.29 is 8.42 Å². The summed E-state index contributed by atoms with van der Waals surface area (Å²) in [7, 11) is -3.37. The molecule has 4 heterocycles. The van der Waals surface area contributed by atoms with E-state index >= 15 is 0 Å². The molecule has 120 valence electrons. The van der Waals surface area contributed by atoms with Crippen molar-refractivity contribution in [2.45, 2.75) is 4.21 Å². The van der Waals surface area contributed by atoms with Crippen LogP contribution in [0.5, 0.6) is 0 Å². The van der Waals surface area contributed by atoms with E-state index in [-0.39, 0.29) is 0 Å². The molecule has 1 aliphatic rings. The number of fused-ring (bicyclic) bond motifs is 1. The fraction of sp³-hybridized carbons (Fsp3) is 0.308. The summed E-state index contributed by atoms with van der Waals surface area (Å²) in [5.74, 6) is 0.797. The average molecular weight is 350 g/mol. The molecule has 1 fully saturated rings. The quantitative estimate of drug-likeness (QED) is 0.691. The van der Waals surface area contributed by atoms with E-state index < -0.39 is 10.0 Å². The second-order valence-electron chi connectivity index (χ2n) is 5.15. The molecule has 0 aliphatic carbocycles. The van der Waals surface area contributed by atoms with Gasteiger partial charge in [0.2, 0.25) is 0 Å². The van der Waals surface area contributed by atoms with Crippen molar-refractivity contribution in [2.75, 3.05) is 31.1 Å². The first kappa shape index (κ1) is 14.5. The number of hydrogen-bond acceptors (Lipinski definition) is 7. The van der Waals surface area contributed by atoms with Gasteiger partial charge >= 0.3 is 0 Å². The topological polar surface area (TPSA) is 83.7 Å². The Hall–Kier alpha value is -2.04. The zero-order valence-corrected chi connectivity index (χ0v) is 13.7. The largest absolute Gasteiger partial charge is 0.353 e. The fourth-order valence-corrected chi connectivity index (χ4v) is 5.15. The number of nitrogens with zero attached hydrogens (tertiary/aromatic N) is 6. The van der Waals surface area contributed by atoms with Gasteiger partial charge in [-0.2, -0.15) is 8.82 Å². The Morgan fingerprint density at radius 3 is 2.65 bits per heavy atom. The van der Waals surface area contributed by atoms with Crippen molar-refractivity contribution in [1.29, 1.82) is 0 Å². The normalized spacial score (nSPS) is 17.0. The van der Waals surface area contributed by atoms with Crippen molar-refractivity contribution in [3.05, 3.63) is 36.0 Å². The molecule has 0 unspecified atom stereocenters. The lowest BCUT2D eigenvalue weighted by atomic mass is 10.3. The summed E-state index contributed by atoms with van der Waals surface area (Å²) in [6.45, 7) is 2.10. The highest BCUT2D eigenvalue weighted by atomic mass is 32.2. The van der Waals surface area contributed by atoms with Gasteiger partial charge in [-0.05, 0) is 23.6 Å². The van der Waals surface area contributed by atoms with Crippen LogP contribution in [0.2, 0.25) is 0 Å². The second kappa shape index (κ2) is 5.55. The van der Waals surface area contributed by atoms with Crippen molar-refractivity contribution in [3.8, 4) is 0 Å². The Kier molecular flexibility index (Phi) is 3.51. The third kappa shape index (κ3) is 2.58. The first-order chi connectivity index (χ1) is 11.1. The van der Waals surface area contributed by atoms with Crippen LogP contribution in [0.15, 0.2) is 40.2 Å². The van der Waals surface area contributed by atoms with Crippen LogP contribution in [-0.2, 0) is 10.0 Å². The van der Waals surface area contributed by atoms with E-state index in [4.69, 9.17) is 0 Å². The Labute approximate surface area is 137 Å². The first-order valence-corrected chi connectivity index (χ1v) is 9.42. The number of sulfonamides is 1. The molecule has 1 saturated heterocycles. The van der Waals surface area contributed by atoms with Crippen LogP contribution in [-0.4, -0.2) is 58.7 Å². The third-order valence-electron chi connectivity index (χ3n) is 3.80. The van der Waals surface area contributed by atoms with Crippen LogP contribution in [0.3, 0.4) is 0 Å². The highest BCUT2D eigenvalue weighted by Crippen LogP contribution is 2.23. The lowest BCUT2D eigenvalue weighted by molar-refractivity contribution is 0.384. The molecule has 0 bridgehead atoms. The zero-order chi connectivity index (χ0) is 15.9. The molecule has 0 aromatic carbocycles. The molecule has 1 aliphatic heterocycles. The van der Waals surface area contributed by atoms with E-state index in [2.05, 4.69) is 20.2 Å². The van der Waals surface area contributed by atoms with Gasteiger partial charge in [-0.15, -0.1) is 26.6 Å². The van der Waals surface area contributed by atoms with E-state index in [9.17, 15) is 8.42 Å². The third-order valence-corrected chi connectivity index (χ3v) is 7.07. The van der Waals surface area contributed by atoms with Gasteiger partial charge in [0, 0.05) is 26.2 Å². The smallest absolute Gasteiger partial charge is 0.252 e. The van der Waals surface area contributed by atoms with Crippen molar-refractivity contribution in [3.63, 3.8) is 0 Å². The maximum absolute atomic E-state index is 12.5. The van der Waals surface area contributed by atoms with E-state index in [0.29, 0.717) is 36.0 Å². The van der Waals surface area contributed by atoms with Crippen LogP contribution in [0.4, 0.5) is 5.82 Å². The van der Waals surface area contributed by atoms with Gasteiger partial charge in [-0.25, -0.2) is 8.42 Å². The van der Waals surface area contributed by atoms with Gasteiger partial charge in [0.1, 0.15) is 16.4 Å². The van der Waals surface area contributed by atoms with Gasteiger partial charge in [0.15, 0.2) is 5.65 Å². The van der Waals surface area contributed by atoms with Crippen LogP contribution in [0, 0.1) is 0 Å². The van der Waals surface area contributed by atoms with Crippen molar-refractivity contribution >= 4 is 32.8 Å². The summed E-state index contributed by atoms with van der Waals surface area (Å²) in [5, 5.41) is 14.0. The summed E-state index contributed by atoms with van der Waals surface area (Å²) in [6.07, 6.45) is 1.55. The predicted molar refractivity (Wildman–Crippen MR) is 86.1 cm³/mol. The molecule has 3 aromatic rings. The molecule has 3 aromatic heterocycles.